The van der Waals surface area contributed by atoms with E-state index in [0.29, 0.717) is 16.2 Å². The van der Waals surface area contributed by atoms with Crippen LogP contribution in [0.3, 0.4) is 0 Å². The fraction of sp³-hybridized carbons (Fsp3) is 0. The fourth-order valence-electron chi connectivity index (χ4n) is 1.43. The van der Waals surface area contributed by atoms with Crippen molar-refractivity contribution in [3.05, 3.63) is 52.3 Å². The first-order valence-corrected chi connectivity index (χ1v) is 5.73. The van der Waals surface area contributed by atoms with Crippen molar-refractivity contribution in [3.8, 4) is 0 Å². The van der Waals surface area contributed by atoms with E-state index in [2.05, 4.69) is 21.2 Å². The summed E-state index contributed by atoms with van der Waals surface area (Å²) in [5, 5.41) is 2.67. The van der Waals surface area contributed by atoms with Crippen molar-refractivity contribution < 1.29 is 13.2 Å². The number of halogens is 4. The molecular weight excluding hydrogens is 309 g/mol. The summed E-state index contributed by atoms with van der Waals surface area (Å²) in [6, 6.07) is 5.64. The normalized spacial score (nSPS) is 10.4. The molecule has 0 bridgehead atoms. The summed E-state index contributed by atoms with van der Waals surface area (Å²) in [6.07, 6.45) is 0. The predicted molar refractivity (Wildman–Crippen MR) is 68.2 cm³/mol. The van der Waals surface area contributed by atoms with Gasteiger partial charge in [-0.15, -0.1) is 0 Å². The van der Waals surface area contributed by atoms with Gasteiger partial charge in [0.2, 0.25) is 0 Å². The van der Waals surface area contributed by atoms with E-state index >= 15 is 0 Å². The van der Waals surface area contributed by atoms with E-state index < -0.39 is 17.5 Å². The highest BCUT2D eigenvalue weighted by Crippen LogP contribution is 2.31. The molecule has 6 heteroatoms. The molecule has 2 aromatic rings. The molecule has 0 aliphatic heterocycles. The van der Waals surface area contributed by atoms with E-state index in [0.717, 1.165) is 6.07 Å². The van der Waals surface area contributed by atoms with E-state index in [-0.39, 0.29) is 11.4 Å². The summed E-state index contributed by atoms with van der Waals surface area (Å²) in [7, 11) is 0. The number of hydrogen-bond acceptors (Lipinski definition) is 2. The molecule has 0 radical (unpaired) electrons. The van der Waals surface area contributed by atoms with Crippen LogP contribution >= 0.6 is 15.9 Å². The van der Waals surface area contributed by atoms with E-state index in [1.807, 2.05) is 0 Å². The van der Waals surface area contributed by atoms with Crippen LogP contribution < -0.4 is 11.1 Å². The van der Waals surface area contributed by atoms with Crippen molar-refractivity contribution in [2.75, 3.05) is 11.1 Å². The highest BCUT2D eigenvalue weighted by atomic mass is 79.9. The van der Waals surface area contributed by atoms with Crippen molar-refractivity contribution >= 4 is 33.0 Å². The van der Waals surface area contributed by atoms with Gasteiger partial charge in [-0.25, -0.2) is 13.2 Å². The van der Waals surface area contributed by atoms with Crippen molar-refractivity contribution in [2.45, 2.75) is 0 Å². The van der Waals surface area contributed by atoms with Gasteiger partial charge in [0.05, 0.1) is 17.1 Å². The van der Waals surface area contributed by atoms with Crippen molar-refractivity contribution in [1.29, 1.82) is 0 Å². The van der Waals surface area contributed by atoms with Gasteiger partial charge in [-0.2, -0.15) is 0 Å². The summed E-state index contributed by atoms with van der Waals surface area (Å²) in [5.74, 6) is -2.11. The minimum absolute atomic E-state index is 0.0406. The summed E-state index contributed by atoms with van der Waals surface area (Å²) in [6.45, 7) is 0. The zero-order valence-corrected chi connectivity index (χ0v) is 10.6. The maximum absolute atomic E-state index is 13.2. The molecule has 2 nitrogen and oxygen atoms in total. The Morgan fingerprint density at radius 2 is 1.61 bits per heavy atom. The third-order valence-corrected chi connectivity index (χ3v) is 2.98. The van der Waals surface area contributed by atoms with Crippen LogP contribution in [0.1, 0.15) is 0 Å². The number of nitrogen functional groups attached to an aromatic ring is 1. The second-order valence-electron chi connectivity index (χ2n) is 3.60. The molecule has 2 aromatic carbocycles. The lowest BCUT2D eigenvalue weighted by Gasteiger charge is -2.11. The van der Waals surface area contributed by atoms with Crippen molar-refractivity contribution in [3.63, 3.8) is 0 Å². The lowest BCUT2D eigenvalue weighted by Crippen LogP contribution is -2.01. The SMILES string of the molecule is Nc1c(F)cc(F)cc1Nc1cc(F)ccc1Br. The van der Waals surface area contributed by atoms with E-state index in [9.17, 15) is 13.2 Å². The Bertz CT molecular complexity index is 602. The first-order valence-electron chi connectivity index (χ1n) is 4.94. The molecule has 3 N–H and O–H groups in total. The Balaban J connectivity index is 2.43. The third-order valence-electron chi connectivity index (χ3n) is 2.29. The van der Waals surface area contributed by atoms with Gasteiger partial charge in [0, 0.05) is 10.5 Å². The molecular formula is C12H8BrF3N2. The Labute approximate surface area is 110 Å². The number of rotatable bonds is 2. The maximum Gasteiger partial charge on any atom is 0.151 e. The number of anilines is 3. The molecule has 0 aromatic heterocycles. The molecule has 18 heavy (non-hydrogen) atoms. The van der Waals surface area contributed by atoms with Crippen LogP contribution in [0.25, 0.3) is 0 Å². The quantitative estimate of drug-likeness (QED) is 0.815. The monoisotopic (exact) mass is 316 g/mol. The van der Waals surface area contributed by atoms with Gasteiger partial charge >= 0.3 is 0 Å². The van der Waals surface area contributed by atoms with Crippen molar-refractivity contribution in [1.82, 2.24) is 0 Å². The van der Waals surface area contributed by atoms with Crippen LogP contribution in [0.5, 0.6) is 0 Å². The van der Waals surface area contributed by atoms with E-state index in [1.54, 1.807) is 0 Å². The molecule has 0 spiro atoms. The molecule has 2 rings (SSSR count). The van der Waals surface area contributed by atoms with Gasteiger partial charge in [-0.05, 0) is 40.2 Å². The minimum atomic E-state index is -0.870. The van der Waals surface area contributed by atoms with Crippen LogP contribution in [-0.2, 0) is 0 Å². The number of hydrogen-bond donors (Lipinski definition) is 2. The molecule has 94 valence electrons. The Hall–Kier alpha value is -1.69. The summed E-state index contributed by atoms with van der Waals surface area (Å²) in [4.78, 5) is 0. The average Bonchev–Trinajstić information content (AvgIpc) is 2.30. The van der Waals surface area contributed by atoms with Gasteiger partial charge in [0.1, 0.15) is 11.6 Å². The number of nitrogens with two attached hydrogens (primary N) is 1. The zero-order chi connectivity index (χ0) is 13.3. The molecule has 0 atom stereocenters. The van der Waals surface area contributed by atoms with Gasteiger partial charge in [0.15, 0.2) is 5.82 Å². The highest BCUT2D eigenvalue weighted by Gasteiger charge is 2.10. The first-order chi connectivity index (χ1) is 8.47. The lowest BCUT2D eigenvalue weighted by molar-refractivity contribution is 0.587. The Kier molecular flexibility index (Phi) is 3.47. The average molecular weight is 317 g/mol. The van der Waals surface area contributed by atoms with Crippen LogP contribution in [0.4, 0.5) is 30.2 Å². The summed E-state index contributed by atoms with van der Waals surface area (Å²) < 4.78 is 39.9. The summed E-state index contributed by atoms with van der Waals surface area (Å²) in [5.41, 5.74) is 5.61. The lowest BCUT2D eigenvalue weighted by atomic mass is 10.2. The smallest absolute Gasteiger partial charge is 0.151 e. The molecule has 0 unspecified atom stereocenters. The second-order valence-corrected chi connectivity index (χ2v) is 4.45. The number of nitrogens with one attached hydrogen (secondary N) is 1. The van der Waals surface area contributed by atoms with Gasteiger partial charge in [-0.3, -0.25) is 0 Å². The molecule has 0 aliphatic carbocycles. The molecule has 0 amide bonds. The molecule has 0 aliphatic rings. The Morgan fingerprint density at radius 3 is 2.33 bits per heavy atom. The third kappa shape index (κ3) is 2.59. The van der Waals surface area contributed by atoms with Crippen LogP contribution in [-0.4, -0.2) is 0 Å². The largest absolute Gasteiger partial charge is 0.395 e. The van der Waals surface area contributed by atoms with Crippen LogP contribution in [0.2, 0.25) is 0 Å². The first kappa shape index (κ1) is 12.8. The van der Waals surface area contributed by atoms with Crippen molar-refractivity contribution in [2.24, 2.45) is 0 Å². The van der Waals surface area contributed by atoms with Crippen LogP contribution in [0, 0.1) is 17.5 Å². The maximum atomic E-state index is 13.2. The highest BCUT2D eigenvalue weighted by molar-refractivity contribution is 9.10. The number of benzene rings is 2. The minimum Gasteiger partial charge on any atom is -0.395 e. The Morgan fingerprint density at radius 1 is 0.944 bits per heavy atom. The molecule has 0 saturated heterocycles. The zero-order valence-electron chi connectivity index (χ0n) is 8.98. The molecule has 0 saturated carbocycles. The second kappa shape index (κ2) is 4.89. The van der Waals surface area contributed by atoms with E-state index in [4.69, 9.17) is 5.73 Å². The fourth-order valence-corrected chi connectivity index (χ4v) is 1.77. The van der Waals surface area contributed by atoms with Crippen LogP contribution in [0.15, 0.2) is 34.8 Å². The topological polar surface area (TPSA) is 38.0 Å². The standard InChI is InChI=1S/C12H8BrF3N2/c13-8-2-1-6(14)4-10(8)18-11-5-7(15)3-9(16)12(11)17/h1-5,18H,17H2. The van der Waals surface area contributed by atoms with Gasteiger partial charge in [-0.1, -0.05) is 0 Å². The summed E-state index contributed by atoms with van der Waals surface area (Å²) >= 11 is 3.19. The predicted octanol–water partition coefficient (Wildman–Crippen LogP) is 4.19. The van der Waals surface area contributed by atoms with Gasteiger partial charge < -0.3 is 11.1 Å². The molecule has 0 fully saturated rings. The van der Waals surface area contributed by atoms with E-state index in [1.165, 1.54) is 18.2 Å². The molecule has 0 heterocycles. The van der Waals surface area contributed by atoms with Gasteiger partial charge in [0.25, 0.3) is 0 Å².